The van der Waals surface area contributed by atoms with Gasteiger partial charge in [-0.15, -0.1) is 5.10 Å². The Morgan fingerprint density at radius 2 is 1.31 bits per heavy atom. The maximum absolute atomic E-state index is 12.7. The van der Waals surface area contributed by atoms with Crippen molar-refractivity contribution in [2.75, 3.05) is 19.6 Å². The minimum absolute atomic E-state index is 0.0318. The molecular formula is C69H82FN9O6. The molecule has 0 aliphatic carbocycles. The van der Waals surface area contributed by atoms with Crippen molar-refractivity contribution in [3.63, 3.8) is 0 Å². The van der Waals surface area contributed by atoms with Gasteiger partial charge < -0.3 is 24.1 Å². The van der Waals surface area contributed by atoms with Crippen molar-refractivity contribution in [3.05, 3.63) is 207 Å². The highest BCUT2D eigenvalue weighted by molar-refractivity contribution is 6.01. The second-order valence-corrected chi connectivity index (χ2v) is 21.4. The quantitative estimate of drug-likeness (QED) is 0.109. The Balaban J connectivity index is 0.000000146. The van der Waals surface area contributed by atoms with Crippen molar-refractivity contribution in [2.24, 2.45) is 5.16 Å². The molecule has 7 heterocycles. The van der Waals surface area contributed by atoms with Gasteiger partial charge in [-0.1, -0.05) is 125 Å². The molecule has 85 heavy (non-hydrogen) atoms. The predicted octanol–water partition coefficient (Wildman–Crippen LogP) is 14.1. The average molecular weight is 1150 g/mol. The molecule has 3 atom stereocenters. The third-order valence-corrected chi connectivity index (χ3v) is 15.4. The van der Waals surface area contributed by atoms with Crippen LogP contribution in [0.1, 0.15) is 172 Å². The monoisotopic (exact) mass is 1150 g/mol. The smallest absolute Gasteiger partial charge is 0.350 e. The van der Waals surface area contributed by atoms with Gasteiger partial charge in [0.05, 0.1) is 23.0 Å². The van der Waals surface area contributed by atoms with Crippen LogP contribution in [0.5, 0.6) is 0 Å². The van der Waals surface area contributed by atoms with Crippen molar-refractivity contribution >= 4 is 40.0 Å². The normalized spacial score (nSPS) is 16.4. The lowest BCUT2D eigenvalue weighted by Gasteiger charge is -2.23. The maximum Gasteiger partial charge on any atom is 0.350 e. The number of aryl methyl sites for hydroxylation is 2. The molecule has 446 valence electrons. The summed E-state index contributed by atoms with van der Waals surface area (Å²) >= 11 is 0. The minimum atomic E-state index is -0.301. The Bertz CT molecular complexity index is 3520. The number of halogens is 1. The molecule has 3 aromatic heterocycles. The average Bonchev–Trinajstić information content (AvgIpc) is 4.60. The van der Waals surface area contributed by atoms with Gasteiger partial charge in [-0.05, 0) is 161 Å². The number of carbonyl (C=O) groups excluding carboxylic acids is 3. The van der Waals surface area contributed by atoms with E-state index in [9.17, 15) is 23.6 Å². The Labute approximate surface area is 499 Å². The van der Waals surface area contributed by atoms with Gasteiger partial charge >= 0.3 is 5.69 Å². The summed E-state index contributed by atoms with van der Waals surface area (Å²) in [6.45, 7) is 16.7. The van der Waals surface area contributed by atoms with E-state index in [-0.39, 0.29) is 35.3 Å². The fraction of sp³-hybridized carbons (Fsp3) is 0.391. The number of carbonyl (C=O) groups is 3. The van der Waals surface area contributed by atoms with E-state index in [1.54, 1.807) is 34.9 Å². The molecule has 0 N–H and O–H groups in total. The number of pyridine rings is 1. The summed E-state index contributed by atoms with van der Waals surface area (Å²) in [4.78, 5) is 58.7. The first-order valence-corrected chi connectivity index (χ1v) is 30.4. The number of nitrogens with zero attached hydrogens (tertiary/aromatic N) is 9. The topological polar surface area (TPSA) is 172 Å². The van der Waals surface area contributed by atoms with Crippen LogP contribution in [0.4, 0.5) is 4.39 Å². The van der Waals surface area contributed by atoms with E-state index in [1.165, 1.54) is 35.2 Å². The molecule has 16 heteroatoms. The van der Waals surface area contributed by atoms with E-state index in [0.29, 0.717) is 35.4 Å². The Morgan fingerprint density at radius 3 is 1.91 bits per heavy atom. The highest BCUT2D eigenvalue weighted by atomic mass is 19.1. The number of amides is 3. The molecule has 4 aliphatic rings. The largest absolute Gasteiger partial charge is 0.392 e. The first-order valence-electron chi connectivity index (χ1n) is 30.4. The number of oxime groups is 1. The standard InChI is InChI=1S/C13H16FNO.C13H17NO.C12H12N2O.2C11H13NO.C9H11N3O/c1-2-12-4-3-9-15(12)13(16)10-5-7-11(14)8-6-10;1-2-12-9-6-10-14(12)13(15)11-7-4-3-5-8-11;1-2-11-7-12(14-15-11)10-5-3-9(8-13)4-6-10;1-2-7-12-8-9-5-3-4-6-10(9)11(12)13;1-2-3-7-10-9-6-4-5-8-11(9)13-12-10;1-2-6-12-9(13)11-7-4-3-5-8(11)10-12/h5-8,12H,2-4,9H2,1H3;3-5,7-8,12H,2,6,9-10H2,1H3;3-6,11H,2,7H2,1H3;3-6H,2,7-8H2,1H3;4-6,8H,2-3,7H2,1H3;3-5,7H,2,6H2,1H3. The van der Waals surface area contributed by atoms with Crippen molar-refractivity contribution in [2.45, 2.75) is 156 Å². The summed E-state index contributed by atoms with van der Waals surface area (Å²) < 4.78 is 21.0. The van der Waals surface area contributed by atoms with Gasteiger partial charge in [-0.25, -0.2) is 13.9 Å². The van der Waals surface area contributed by atoms with Crippen LogP contribution in [-0.2, 0) is 24.3 Å². The van der Waals surface area contributed by atoms with Gasteiger partial charge in [-0.3, -0.25) is 18.8 Å². The molecule has 5 aromatic carbocycles. The van der Waals surface area contributed by atoms with Crippen molar-refractivity contribution in [1.29, 1.82) is 5.26 Å². The third kappa shape index (κ3) is 17.4. The van der Waals surface area contributed by atoms with Gasteiger partial charge in [0.15, 0.2) is 11.2 Å². The van der Waals surface area contributed by atoms with Crippen LogP contribution in [0.2, 0.25) is 0 Å². The van der Waals surface area contributed by atoms with Crippen LogP contribution in [0.25, 0.3) is 16.6 Å². The number of para-hydroxylation sites is 1. The van der Waals surface area contributed by atoms with Crippen LogP contribution in [0.15, 0.2) is 166 Å². The number of hydrogen-bond donors (Lipinski definition) is 0. The lowest BCUT2D eigenvalue weighted by molar-refractivity contribution is 0.0726. The number of rotatable bonds is 13. The van der Waals surface area contributed by atoms with Crippen LogP contribution >= 0.6 is 0 Å². The zero-order valence-corrected chi connectivity index (χ0v) is 50.2. The number of unbranched alkanes of at least 4 members (excludes halogenated alkanes) is 1. The number of aromatic nitrogens is 4. The molecule has 0 radical (unpaired) electrons. The van der Waals surface area contributed by atoms with Crippen LogP contribution in [0, 0.1) is 17.1 Å². The second kappa shape index (κ2) is 33.0. The summed E-state index contributed by atoms with van der Waals surface area (Å²) in [5.41, 5.74) is 8.79. The molecule has 0 bridgehead atoms. The molecule has 0 spiro atoms. The highest BCUT2D eigenvalue weighted by Gasteiger charge is 2.29. The lowest BCUT2D eigenvalue weighted by atomic mass is 10.0. The number of hydrogen-bond acceptors (Lipinski definition) is 10. The Morgan fingerprint density at radius 1 is 0.682 bits per heavy atom. The molecule has 8 aromatic rings. The van der Waals surface area contributed by atoms with Crippen LogP contribution in [-0.4, -0.2) is 95.3 Å². The molecular weight excluding hydrogens is 1070 g/mol. The first kappa shape index (κ1) is 63.9. The Kier molecular flexibility index (Phi) is 24.8. The fourth-order valence-corrected chi connectivity index (χ4v) is 10.7. The van der Waals surface area contributed by atoms with Gasteiger partial charge in [0.25, 0.3) is 17.7 Å². The number of nitriles is 1. The van der Waals surface area contributed by atoms with E-state index in [0.717, 1.165) is 136 Å². The minimum Gasteiger partial charge on any atom is -0.392 e. The molecule has 0 saturated carbocycles. The van der Waals surface area contributed by atoms with E-state index in [4.69, 9.17) is 14.6 Å². The molecule has 3 unspecified atom stereocenters. The molecule has 2 fully saturated rings. The second-order valence-electron chi connectivity index (χ2n) is 21.4. The van der Waals surface area contributed by atoms with E-state index < -0.39 is 0 Å². The van der Waals surface area contributed by atoms with E-state index in [1.807, 2.05) is 125 Å². The van der Waals surface area contributed by atoms with Gasteiger partial charge in [-0.2, -0.15) is 5.26 Å². The summed E-state index contributed by atoms with van der Waals surface area (Å²) in [5, 5.41) is 22.1. The summed E-state index contributed by atoms with van der Waals surface area (Å²) in [5.74, 6) is 0.117. The van der Waals surface area contributed by atoms with Crippen molar-refractivity contribution in [3.8, 4) is 6.07 Å². The zero-order chi connectivity index (χ0) is 60.5. The summed E-state index contributed by atoms with van der Waals surface area (Å²) in [6, 6.07) is 47.1. The fourth-order valence-electron chi connectivity index (χ4n) is 10.7. The SMILES string of the molecule is CCC1CC(c2ccc(C#N)cc2)=NO1.CCC1CCCN1C(=O)c1ccc(F)cc1.CCC1CCCN1C(=O)c1ccccc1.CCCCc1noc2ccccc12.CCCN1Cc2ccccc2C1=O.CCCn1nc2ccccn2c1=O. The predicted molar refractivity (Wildman–Crippen MR) is 333 cm³/mol. The lowest BCUT2D eigenvalue weighted by Crippen LogP contribution is -2.35. The molecule has 15 nitrogen and oxygen atoms in total. The molecule has 4 aliphatic heterocycles. The summed E-state index contributed by atoms with van der Waals surface area (Å²) in [6.07, 6.45) is 15.7. The summed E-state index contributed by atoms with van der Waals surface area (Å²) in [7, 11) is 0. The van der Waals surface area contributed by atoms with Crippen LogP contribution < -0.4 is 5.69 Å². The van der Waals surface area contributed by atoms with Crippen molar-refractivity contribution < 1.29 is 28.1 Å². The Hall–Kier alpha value is -8.71. The van der Waals surface area contributed by atoms with Gasteiger partial charge in [0.2, 0.25) is 0 Å². The van der Waals surface area contributed by atoms with E-state index in [2.05, 4.69) is 62.2 Å². The highest BCUT2D eigenvalue weighted by Crippen LogP contribution is 2.25. The molecule has 2 saturated heterocycles. The third-order valence-electron chi connectivity index (χ3n) is 15.4. The van der Waals surface area contributed by atoms with Crippen molar-refractivity contribution in [1.82, 2.24) is 34.0 Å². The molecule has 3 amide bonds. The van der Waals surface area contributed by atoms with E-state index >= 15 is 0 Å². The number of likely N-dealkylation sites (tertiary alicyclic amines) is 2. The first-order chi connectivity index (χ1) is 41.4. The van der Waals surface area contributed by atoms with Gasteiger partial charge in [0, 0.05) is 79.5 Å². The number of benzene rings is 5. The van der Waals surface area contributed by atoms with Crippen LogP contribution in [0.3, 0.4) is 0 Å². The maximum atomic E-state index is 12.7. The van der Waals surface area contributed by atoms with Gasteiger partial charge in [0.1, 0.15) is 11.9 Å². The number of fused-ring (bicyclic) bond motifs is 3. The molecule has 12 rings (SSSR count). The zero-order valence-electron chi connectivity index (χ0n) is 50.2.